The fourth-order valence-electron chi connectivity index (χ4n) is 3.22. The summed E-state index contributed by atoms with van der Waals surface area (Å²) < 4.78 is 5.14. The topological polar surface area (TPSA) is 49.9 Å². The Morgan fingerprint density at radius 3 is 2.71 bits per heavy atom. The number of likely N-dealkylation sites (N-methyl/N-ethyl adjacent to an activating group) is 1. The molecule has 0 spiro atoms. The van der Waals surface area contributed by atoms with Gasteiger partial charge in [0.25, 0.3) is 0 Å². The summed E-state index contributed by atoms with van der Waals surface area (Å²) in [4.78, 5) is 28.5. The number of likely N-dealkylation sites (tertiary alicyclic amines) is 1. The summed E-state index contributed by atoms with van der Waals surface area (Å²) in [5.74, 6) is -0.170. The van der Waals surface area contributed by atoms with Crippen LogP contribution in [0, 0.1) is 5.92 Å². The molecule has 1 amide bonds. The first kappa shape index (κ1) is 18.5. The summed E-state index contributed by atoms with van der Waals surface area (Å²) in [6, 6.07) is 9.74. The van der Waals surface area contributed by atoms with Gasteiger partial charge in [-0.2, -0.15) is 0 Å². The zero-order valence-corrected chi connectivity index (χ0v) is 14.9. The van der Waals surface area contributed by atoms with E-state index in [1.807, 2.05) is 51.2 Å². The molecule has 1 aliphatic heterocycles. The molecule has 0 bridgehead atoms. The molecule has 0 radical (unpaired) electrons. The molecule has 1 saturated heterocycles. The Kier molecular flexibility index (Phi) is 6.79. The van der Waals surface area contributed by atoms with Crippen LogP contribution in [0.4, 0.5) is 0 Å². The van der Waals surface area contributed by atoms with Crippen molar-refractivity contribution in [1.82, 2.24) is 9.80 Å². The first-order valence-electron chi connectivity index (χ1n) is 8.72. The highest BCUT2D eigenvalue weighted by molar-refractivity contribution is 5.81. The van der Waals surface area contributed by atoms with Crippen molar-refractivity contribution in [3.05, 3.63) is 35.9 Å². The molecule has 1 heterocycles. The molecule has 5 heteroatoms. The molecule has 24 heavy (non-hydrogen) atoms. The minimum atomic E-state index is -0.226. The molecule has 0 N–H and O–H groups in total. The van der Waals surface area contributed by atoms with Crippen LogP contribution in [0.3, 0.4) is 0 Å². The molecule has 2 atom stereocenters. The summed E-state index contributed by atoms with van der Waals surface area (Å²) in [6.45, 7) is 6.20. The number of rotatable bonds is 6. The number of ether oxygens (including phenoxy) is 1. The number of hydrogen-bond acceptors (Lipinski definition) is 4. The molecule has 1 aromatic rings. The third-order valence-corrected chi connectivity index (χ3v) is 4.62. The largest absolute Gasteiger partial charge is 0.466 e. The number of carbonyl (C=O) groups is 2. The fourth-order valence-corrected chi connectivity index (χ4v) is 3.22. The van der Waals surface area contributed by atoms with Crippen LogP contribution >= 0.6 is 0 Å². The van der Waals surface area contributed by atoms with E-state index in [0.717, 1.165) is 24.9 Å². The molecule has 2 rings (SSSR count). The van der Waals surface area contributed by atoms with Gasteiger partial charge in [0.05, 0.1) is 18.6 Å². The first-order valence-corrected chi connectivity index (χ1v) is 8.72. The third kappa shape index (κ3) is 4.81. The second kappa shape index (κ2) is 8.83. The van der Waals surface area contributed by atoms with Crippen LogP contribution in [-0.4, -0.2) is 54.5 Å². The molecule has 1 aliphatic rings. The van der Waals surface area contributed by atoms with Crippen molar-refractivity contribution in [2.75, 3.05) is 26.7 Å². The average molecular weight is 332 g/mol. The van der Waals surface area contributed by atoms with Gasteiger partial charge in [0.1, 0.15) is 0 Å². The molecule has 5 nitrogen and oxygen atoms in total. The van der Waals surface area contributed by atoms with E-state index in [9.17, 15) is 9.59 Å². The Labute approximate surface area is 144 Å². The van der Waals surface area contributed by atoms with E-state index in [0.29, 0.717) is 19.7 Å². The van der Waals surface area contributed by atoms with Gasteiger partial charge in [-0.15, -0.1) is 0 Å². The molecular weight excluding hydrogens is 304 g/mol. The molecule has 1 aromatic carbocycles. The summed E-state index contributed by atoms with van der Waals surface area (Å²) in [5, 5.41) is 0. The average Bonchev–Trinajstić information content (AvgIpc) is 2.61. The Morgan fingerprint density at radius 2 is 2.04 bits per heavy atom. The number of esters is 1. The first-order chi connectivity index (χ1) is 11.5. The molecule has 0 saturated carbocycles. The maximum atomic E-state index is 12.7. The summed E-state index contributed by atoms with van der Waals surface area (Å²) >= 11 is 0. The van der Waals surface area contributed by atoms with Gasteiger partial charge >= 0.3 is 5.97 Å². The van der Waals surface area contributed by atoms with Crippen LogP contribution in [0.5, 0.6) is 0 Å². The van der Waals surface area contributed by atoms with Gasteiger partial charge in [0, 0.05) is 20.1 Å². The molecule has 2 unspecified atom stereocenters. The summed E-state index contributed by atoms with van der Waals surface area (Å²) in [7, 11) is 1.83. The highest BCUT2D eigenvalue weighted by Crippen LogP contribution is 2.20. The number of amides is 1. The number of nitrogens with zero attached hydrogens (tertiary/aromatic N) is 2. The number of benzene rings is 1. The molecule has 1 fully saturated rings. The van der Waals surface area contributed by atoms with Crippen LogP contribution in [0.25, 0.3) is 0 Å². The van der Waals surface area contributed by atoms with Crippen molar-refractivity contribution < 1.29 is 14.3 Å². The Balaban J connectivity index is 1.92. The van der Waals surface area contributed by atoms with Gasteiger partial charge in [-0.05, 0) is 38.8 Å². The van der Waals surface area contributed by atoms with E-state index in [1.54, 1.807) is 4.90 Å². The molecular formula is C19H28N2O3. The van der Waals surface area contributed by atoms with Crippen LogP contribution in [0.15, 0.2) is 30.3 Å². The smallest absolute Gasteiger partial charge is 0.310 e. The van der Waals surface area contributed by atoms with Crippen LogP contribution < -0.4 is 0 Å². The minimum absolute atomic E-state index is 0.0864. The standard InChI is InChI=1S/C19H28N2O3/c1-4-24-19(23)17-11-8-12-21(14-17)15(2)18(22)20(3)13-16-9-6-5-7-10-16/h5-7,9-10,15,17H,4,8,11-14H2,1-3H3. The van der Waals surface area contributed by atoms with E-state index in [1.165, 1.54) is 0 Å². The van der Waals surface area contributed by atoms with Gasteiger partial charge in [-0.25, -0.2) is 0 Å². The summed E-state index contributed by atoms with van der Waals surface area (Å²) in [6.07, 6.45) is 1.76. The lowest BCUT2D eigenvalue weighted by molar-refractivity contribution is -0.151. The predicted octanol–water partition coefficient (Wildman–Crippen LogP) is 2.31. The Morgan fingerprint density at radius 1 is 1.33 bits per heavy atom. The molecule has 132 valence electrons. The number of carbonyl (C=O) groups excluding carboxylic acids is 2. The second-order valence-electron chi connectivity index (χ2n) is 6.44. The van der Waals surface area contributed by atoms with Gasteiger partial charge in [0.2, 0.25) is 5.91 Å². The van der Waals surface area contributed by atoms with E-state index in [4.69, 9.17) is 4.74 Å². The maximum absolute atomic E-state index is 12.7. The van der Waals surface area contributed by atoms with Crippen LogP contribution in [0.2, 0.25) is 0 Å². The quantitative estimate of drug-likeness (QED) is 0.750. The zero-order chi connectivity index (χ0) is 17.5. The lowest BCUT2D eigenvalue weighted by Crippen LogP contribution is -2.50. The van der Waals surface area contributed by atoms with Crippen molar-refractivity contribution in [3.8, 4) is 0 Å². The van der Waals surface area contributed by atoms with Crippen molar-refractivity contribution >= 4 is 11.9 Å². The van der Waals surface area contributed by atoms with E-state index in [-0.39, 0.29) is 23.8 Å². The lowest BCUT2D eigenvalue weighted by atomic mass is 9.96. The lowest BCUT2D eigenvalue weighted by Gasteiger charge is -2.36. The van der Waals surface area contributed by atoms with E-state index < -0.39 is 0 Å². The third-order valence-electron chi connectivity index (χ3n) is 4.62. The van der Waals surface area contributed by atoms with Gasteiger partial charge in [-0.3, -0.25) is 14.5 Å². The Bertz CT molecular complexity index is 547. The fraction of sp³-hybridized carbons (Fsp3) is 0.579. The number of piperidine rings is 1. The maximum Gasteiger partial charge on any atom is 0.310 e. The molecule has 0 aromatic heterocycles. The van der Waals surface area contributed by atoms with E-state index in [2.05, 4.69) is 4.90 Å². The summed E-state index contributed by atoms with van der Waals surface area (Å²) in [5.41, 5.74) is 1.11. The van der Waals surface area contributed by atoms with Crippen molar-refractivity contribution in [3.63, 3.8) is 0 Å². The molecule has 0 aliphatic carbocycles. The van der Waals surface area contributed by atoms with Crippen molar-refractivity contribution in [1.29, 1.82) is 0 Å². The normalized spacial score (nSPS) is 19.5. The SMILES string of the molecule is CCOC(=O)C1CCCN(C(C)C(=O)N(C)Cc2ccccc2)C1. The van der Waals surface area contributed by atoms with E-state index >= 15 is 0 Å². The van der Waals surface area contributed by atoms with Crippen molar-refractivity contribution in [2.24, 2.45) is 5.92 Å². The minimum Gasteiger partial charge on any atom is -0.466 e. The van der Waals surface area contributed by atoms with Gasteiger partial charge in [-0.1, -0.05) is 30.3 Å². The van der Waals surface area contributed by atoms with Crippen LogP contribution in [-0.2, 0) is 20.9 Å². The zero-order valence-electron chi connectivity index (χ0n) is 14.9. The van der Waals surface area contributed by atoms with Crippen LogP contribution in [0.1, 0.15) is 32.3 Å². The van der Waals surface area contributed by atoms with Gasteiger partial charge in [0.15, 0.2) is 0 Å². The predicted molar refractivity (Wildman–Crippen MR) is 93.3 cm³/mol. The number of hydrogen-bond donors (Lipinski definition) is 0. The van der Waals surface area contributed by atoms with Gasteiger partial charge < -0.3 is 9.64 Å². The monoisotopic (exact) mass is 332 g/mol. The highest BCUT2D eigenvalue weighted by atomic mass is 16.5. The van der Waals surface area contributed by atoms with Crippen molar-refractivity contribution in [2.45, 2.75) is 39.3 Å². The second-order valence-corrected chi connectivity index (χ2v) is 6.44. The highest BCUT2D eigenvalue weighted by Gasteiger charge is 2.32. The Hall–Kier alpha value is -1.88.